The number of carbonyl (C=O) groups is 2. The molecule has 2 atom stereocenters. The van der Waals surface area contributed by atoms with Crippen molar-refractivity contribution in [2.75, 3.05) is 23.9 Å². The number of amides is 2. The van der Waals surface area contributed by atoms with Crippen LogP contribution in [0.5, 0.6) is 0 Å². The molecular formula is C58H54N14O2. The maximum absolute atomic E-state index is 13.5. The first-order valence-corrected chi connectivity index (χ1v) is 24.8. The van der Waals surface area contributed by atoms with Crippen LogP contribution in [0.25, 0.3) is 67.6 Å². The molecule has 0 N–H and O–H groups in total. The number of hydrogen-bond donors (Lipinski definition) is 0. The molecule has 2 aliphatic rings. The normalized spacial score (nSPS) is 17.0. The molecular weight excluding hydrogens is 925 g/mol. The lowest BCUT2D eigenvalue weighted by atomic mass is 9.77. The number of aromatic nitrogens is 12. The summed E-state index contributed by atoms with van der Waals surface area (Å²) in [7, 11) is 3.69. The lowest BCUT2D eigenvalue weighted by molar-refractivity contribution is -0.123. The van der Waals surface area contributed by atoms with Crippen molar-refractivity contribution in [2.45, 2.75) is 78.3 Å². The first-order chi connectivity index (χ1) is 35.8. The molecule has 0 bridgehead atoms. The minimum atomic E-state index is -0.680. The third kappa shape index (κ3) is 7.93. The fraction of sp³-hybridized carbons (Fsp3) is 0.241. The quantitative estimate of drug-likeness (QED) is 0.127. The smallest absolute Gasteiger partial charge is 0.237 e. The Labute approximate surface area is 428 Å². The minimum Gasteiger partial charge on any atom is -0.314 e. The predicted molar refractivity (Wildman–Crippen MR) is 286 cm³/mol. The van der Waals surface area contributed by atoms with Crippen LogP contribution < -0.4 is 9.80 Å². The van der Waals surface area contributed by atoms with Crippen LogP contribution in [-0.2, 0) is 46.4 Å². The molecule has 8 heterocycles. The highest BCUT2D eigenvalue weighted by molar-refractivity contribution is 6.09. The Morgan fingerprint density at radius 1 is 0.473 bits per heavy atom. The summed E-state index contributed by atoms with van der Waals surface area (Å²) in [5.41, 5.74) is 12.6. The van der Waals surface area contributed by atoms with E-state index in [1.807, 2.05) is 102 Å². The van der Waals surface area contributed by atoms with E-state index in [4.69, 9.17) is 9.97 Å². The van der Waals surface area contributed by atoms with Gasteiger partial charge in [0.2, 0.25) is 11.8 Å². The number of benzene rings is 4. The Hall–Kier alpha value is -8.92. The number of imidazole rings is 2. The zero-order valence-electron chi connectivity index (χ0n) is 42.6. The van der Waals surface area contributed by atoms with E-state index in [0.29, 0.717) is 48.6 Å². The maximum atomic E-state index is 13.5. The third-order valence-electron chi connectivity index (χ3n) is 14.6. The molecule has 10 aromatic rings. The molecule has 0 spiro atoms. The molecule has 16 nitrogen and oxygen atoms in total. The zero-order valence-corrected chi connectivity index (χ0v) is 42.6. The highest BCUT2D eigenvalue weighted by Crippen LogP contribution is 2.47. The number of aryl methyl sites for hydroxylation is 4. The van der Waals surface area contributed by atoms with Crippen molar-refractivity contribution < 1.29 is 9.59 Å². The van der Waals surface area contributed by atoms with Crippen LogP contribution in [0, 0.1) is 13.8 Å². The van der Waals surface area contributed by atoms with Crippen LogP contribution in [0.1, 0.15) is 61.6 Å². The molecule has 0 aliphatic carbocycles. The number of nitrogens with zero attached hydrogens (tertiary/aromatic N) is 14. The molecule has 0 saturated carbocycles. The number of fused-ring (bicyclic) bond motifs is 4. The summed E-state index contributed by atoms with van der Waals surface area (Å²) in [4.78, 5) is 76.3. The average molecular weight is 979 g/mol. The van der Waals surface area contributed by atoms with Crippen LogP contribution in [0.4, 0.5) is 11.4 Å². The molecule has 2 unspecified atom stereocenters. The van der Waals surface area contributed by atoms with Gasteiger partial charge in [0.25, 0.3) is 0 Å². The molecule has 6 aromatic heterocycles. The molecule has 16 heteroatoms. The Morgan fingerprint density at radius 2 is 0.851 bits per heavy atom. The van der Waals surface area contributed by atoms with Crippen molar-refractivity contribution in [3.63, 3.8) is 0 Å². The summed E-state index contributed by atoms with van der Waals surface area (Å²) >= 11 is 0. The molecule has 74 heavy (non-hydrogen) atoms. The van der Waals surface area contributed by atoms with Gasteiger partial charge in [0.1, 0.15) is 58.4 Å². The van der Waals surface area contributed by atoms with E-state index >= 15 is 0 Å². The van der Waals surface area contributed by atoms with E-state index in [2.05, 4.69) is 99.3 Å². The lowest BCUT2D eigenvalue weighted by Gasteiger charge is -2.23. The minimum absolute atomic E-state index is 0.0910. The topological polar surface area (TPSA) is 179 Å². The second-order valence-electron chi connectivity index (χ2n) is 19.4. The van der Waals surface area contributed by atoms with Gasteiger partial charge in [-0.3, -0.25) is 9.59 Å². The van der Waals surface area contributed by atoms with Gasteiger partial charge in [0, 0.05) is 74.5 Å². The van der Waals surface area contributed by atoms with Gasteiger partial charge in [-0.2, -0.15) is 0 Å². The van der Waals surface area contributed by atoms with Crippen LogP contribution in [0.2, 0.25) is 0 Å². The highest BCUT2D eigenvalue weighted by Gasteiger charge is 2.47. The SMILES string of the molecule is CCn1c(-c2cnc(C)nc2)nc2c(-c3ccc4c(c3)C(C)(Cc3ccccc3)C(=O)N4C)ncnc21.CCn1c(-c2cnc(C)nc2)nc2c(-c3ccc4c(c3)C(C)(Cc3ccccc3)C(=O)N4C)ncnc21. The van der Waals surface area contributed by atoms with Gasteiger partial charge in [-0.1, -0.05) is 72.8 Å². The Bertz CT molecular complexity index is 3530. The summed E-state index contributed by atoms with van der Waals surface area (Å²) in [6.45, 7) is 13.3. The third-order valence-corrected chi connectivity index (χ3v) is 14.6. The molecule has 0 saturated heterocycles. The Morgan fingerprint density at radius 3 is 1.22 bits per heavy atom. The first kappa shape index (κ1) is 47.4. The molecule has 0 fully saturated rings. The van der Waals surface area contributed by atoms with Crippen molar-refractivity contribution in [1.82, 2.24) is 59.0 Å². The van der Waals surface area contributed by atoms with Gasteiger partial charge in [-0.25, -0.2) is 49.8 Å². The zero-order chi connectivity index (χ0) is 51.5. The molecule has 0 radical (unpaired) electrons. The van der Waals surface area contributed by atoms with E-state index in [-0.39, 0.29) is 11.8 Å². The highest BCUT2D eigenvalue weighted by atomic mass is 16.2. The molecule has 4 aromatic carbocycles. The first-order valence-electron chi connectivity index (χ1n) is 24.8. The fourth-order valence-corrected chi connectivity index (χ4v) is 10.7. The number of likely N-dealkylation sites (N-methyl/N-ethyl adjacent to an activating group) is 2. The largest absolute Gasteiger partial charge is 0.314 e. The lowest BCUT2D eigenvalue weighted by Crippen LogP contribution is -2.37. The van der Waals surface area contributed by atoms with Crippen LogP contribution in [0.3, 0.4) is 0 Å². The number of carbonyl (C=O) groups excluding carboxylic acids is 2. The summed E-state index contributed by atoms with van der Waals surface area (Å²) in [5.74, 6) is 3.11. The Kier molecular flexibility index (Phi) is 11.9. The summed E-state index contributed by atoms with van der Waals surface area (Å²) < 4.78 is 4.11. The van der Waals surface area contributed by atoms with Gasteiger partial charge in [-0.05, 0) is 101 Å². The molecule has 2 aliphatic heterocycles. The summed E-state index contributed by atoms with van der Waals surface area (Å²) in [6, 6.07) is 32.6. The molecule has 368 valence electrons. The number of rotatable bonds is 10. The van der Waals surface area contributed by atoms with E-state index < -0.39 is 10.8 Å². The van der Waals surface area contributed by atoms with E-state index in [0.717, 1.165) is 90.2 Å². The molecule has 12 rings (SSSR count). The number of hydrogen-bond acceptors (Lipinski definition) is 12. The van der Waals surface area contributed by atoms with Gasteiger partial charge >= 0.3 is 0 Å². The average Bonchev–Trinajstić information content (AvgIpc) is 4.13. The van der Waals surface area contributed by atoms with Gasteiger partial charge in [0.05, 0.1) is 22.0 Å². The predicted octanol–water partition coefficient (Wildman–Crippen LogP) is 9.51. The van der Waals surface area contributed by atoms with Crippen molar-refractivity contribution in [1.29, 1.82) is 0 Å². The van der Waals surface area contributed by atoms with Crippen molar-refractivity contribution >= 4 is 45.5 Å². The monoisotopic (exact) mass is 978 g/mol. The summed E-state index contributed by atoms with van der Waals surface area (Å²) in [6.07, 6.45) is 11.5. The standard InChI is InChI=1S/2C29H27N7O/c2*1-5-36-26(21-15-30-18(2)31-16-21)34-25-24(32-17-33-27(25)36)20-11-12-23-22(13-20)29(3,28(37)35(23)4)14-19-9-7-6-8-10-19/h2*6-13,15-17H,5,14H2,1-4H3. The van der Waals surface area contributed by atoms with Crippen molar-refractivity contribution in [3.8, 4) is 45.3 Å². The van der Waals surface area contributed by atoms with Crippen molar-refractivity contribution in [3.05, 3.63) is 168 Å². The van der Waals surface area contributed by atoms with E-state index in [9.17, 15) is 9.59 Å². The van der Waals surface area contributed by atoms with E-state index in [1.54, 1.807) is 47.2 Å². The van der Waals surface area contributed by atoms with Crippen LogP contribution in [-0.4, -0.2) is 84.9 Å². The van der Waals surface area contributed by atoms with Gasteiger partial charge in [0.15, 0.2) is 11.3 Å². The van der Waals surface area contributed by atoms with E-state index in [1.165, 1.54) is 0 Å². The van der Waals surface area contributed by atoms with Gasteiger partial charge < -0.3 is 18.9 Å². The van der Waals surface area contributed by atoms with Gasteiger partial charge in [-0.15, -0.1) is 0 Å². The second kappa shape index (κ2) is 18.6. The summed E-state index contributed by atoms with van der Waals surface area (Å²) in [5, 5.41) is 0. The van der Waals surface area contributed by atoms with Crippen LogP contribution in [0.15, 0.2) is 135 Å². The van der Waals surface area contributed by atoms with Crippen molar-refractivity contribution in [2.24, 2.45) is 0 Å². The number of anilines is 2. The second-order valence-corrected chi connectivity index (χ2v) is 19.4. The fourth-order valence-electron chi connectivity index (χ4n) is 10.7. The molecule has 2 amide bonds. The maximum Gasteiger partial charge on any atom is 0.237 e. The van der Waals surface area contributed by atoms with Crippen LogP contribution >= 0.6 is 0 Å². The Balaban J connectivity index is 0.000000159.